The highest BCUT2D eigenvalue weighted by Crippen LogP contribution is 2.18. The fourth-order valence-corrected chi connectivity index (χ4v) is 3.37. The summed E-state index contributed by atoms with van der Waals surface area (Å²) in [7, 11) is 0. The van der Waals surface area contributed by atoms with Gasteiger partial charge in [-0.25, -0.2) is 0 Å². The van der Waals surface area contributed by atoms with Crippen LogP contribution in [0.4, 0.5) is 11.4 Å². The molecule has 0 aliphatic rings. The van der Waals surface area contributed by atoms with Gasteiger partial charge in [0.05, 0.1) is 0 Å². The van der Waals surface area contributed by atoms with Crippen molar-refractivity contribution in [1.82, 2.24) is 0 Å². The molecular formula is C30H32N2O2. The van der Waals surface area contributed by atoms with E-state index in [1.165, 1.54) is 23.3 Å². The summed E-state index contributed by atoms with van der Waals surface area (Å²) in [6.07, 6.45) is 6.57. The van der Waals surface area contributed by atoms with Crippen LogP contribution in [-0.4, -0.2) is 11.8 Å². The molecule has 0 saturated heterocycles. The summed E-state index contributed by atoms with van der Waals surface area (Å²) >= 11 is 0. The van der Waals surface area contributed by atoms with Gasteiger partial charge in [0, 0.05) is 23.5 Å². The van der Waals surface area contributed by atoms with Crippen LogP contribution in [0.3, 0.4) is 0 Å². The van der Waals surface area contributed by atoms with E-state index >= 15 is 0 Å². The smallest absolute Gasteiger partial charge is 0.248 e. The quantitative estimate of drug-likeness (QED) is 0.354. The zero-order chi connectivity index (χ0) is 24.5. The Balaban J connectivity index is 1.55. The number of carbonyl (C=O) groups is 2. The topological polar surface area (TPSA) is 58.2 Å². The third-order valence-electron chi connectivity index (χ3n) is 5.46. The fourth-order valence-electron chi connectivity index (χ4n) is 3.37. The van der Waals surface area contributed by atoms with Crippen LogP contribution in [-0.2, 0) is 9.59 Å². The molecule has 0 aromatic heterocycles. The Morgan fingerprint density at radius 3 is 1.35 bits per heavy atom. The van der Waals surface area contributed by atoms with Crippen LogP contribution in [0.25, 0.3) is 12.2 Å². The number of amides is 2. The van der Waals surface area contributed by atoms with Crippen LogP contribution >= 0.6 is 0 Å². The highest BCUT2D eigenvalue weighted by atomic mass is 16.2. The van der Waals surface area contributed by atoms with Gasteiger partial charge in [0.2, 0.25) is 11.8 Å². The van der Waals surface area contributed by atoms with Gasteiger partial charge in [-0.3, -0.25) is 9.59 Å². The molecule has 0 heterocycles. The van der Waals surface area contributed by atoms with Gasteiger partial charge in [-0.2, -0.15) is 0 Å². The Morgan fingerprint density at radius 1 is 0.618 bits per heavy atom. The summed E-state index contributed by atoms with van der Waals surface area (Å²) in [6.45, 7) is 8.60. The van der Waals surface area contributed by atoms with Crippen molar-refractivity contribution in [3.8, 4) is 0 Å². The molecule has 0 unspecified atom stereocenters. The Bertz CT molecular complexity index is 1080. The molecule has 0 aliphatic carbocycles. The van der Waals surface area contributed by atoms with Crippen molar-refractivity contribution in [3.63, 3.8) is 0 Å². The zero-order valence-corrected chi connectivity index (χ0v) is 20.2. The molecule has 2 amide bonds. The highest BCUT2D eigenvalue weighted by Gasteiger charge is 2.03. The van der Waals surface area contributed by atoms with E-state index < -0.39 is 0 Å². The van der Waals surface area contributed by atoms with Crippen molar-refractivity contribution in [2.24, 2.45) is 0 Å². The van der Waals surface area contributed by atoms with E-state index in [4.69, 9.17) is 0 Å². The van der Waals surface area contributed by atoms with Gasteiger partial charge in [-0.15, -0.1) is 0 Å². The molecule has 0 spiro atoms. The predicted molar refractivity (Wildman–Crippen MR) is 143 cm³/mol. The van der Waals surface area contributed by atoms with Crippen molar-refractivity contribution < 1.29 is 9.59 Å². The van der Waals surface area contributed by atoms with Crippen molar-refractivity contribution >= 4 is 35.3 Å². The molecule has 0 saturated carbocycles. The van der Waals surface area contributed by atoms with Crippen LogP contribution in [0.15, 0.2) is 84.9 Å². The lowest BCUT2D eigenvalue weighted by atomic mass is 10.0. The van der Waals surface area contributed by atoms with Crippen molar-refractivity contribution in [1.29, 1.82) is 0 Å². The van der Waals surface area contributed by atoms with Crippen LogP contribution in [0, 0.1) is 0 Å². The van der Waals surface area contributed by atoms with E-state index in [9.17, 15) is 9.59 Å². The van der Waals surface area contributed by atoms with Gasteiger partial charge in [-0.1, -0.05) is 82.3 Å². The number of nitrogens with one attached hydrogen (secondary N) is 2. The van der Waals surface area contributed by atoms with Crippen LogP contribution < -0.4 is 10.6 Å². The molecule has 4 nitrogen and oxygen atoms in total. The number of rotatable bonds is 8. The van der Waals surface area contributed by atoms with E-state index in [2.05, 4.69) is 62.6 Å². The van der Waals surface area contributed by atoms with Crippen LogP contribution in [0.5, 0.6) is 0 Å². The predicted octanol–water partition coefficient (Wildman–Crippen LogP) is 7.24. The number of anilines is 2. The van der Waals surface area contributed by atoms with E-state index in [-0.39, 0.29) is 11.8 Å². The average molecular weight is 453 g/mol. The molecule has 0 bridgehead atoms. The maximum atomic E-state index is 12.3. The number of carbonyl (C=O) groups excluding carboxylic acids is 2. The number of benzene rings is 3. The van der Waals surface area contributed by atoms with Crippen LogP contribution in [0.1, 0.15) is 61.8 Å². The first-order valence-electron chi connectivity index (χ1n) is 11.6. The first kappa shape index (κ1) is 24.7. The molecule has 2 N–H and O–H groups in total. The second-order valence-corrected chi connectivity index (χ2v) is 8.87. The first-order chi connectivity index (χ1) is 16.3. The second-order valence-electron chi connectivity index (χ2n) is 8.87. The summed E-state index contributed by atoms with van der Waals surface area (Å²) in [5.41, 5.74) is 5.67. The normalized spacial score (nSPS) is 11.5. The lowest BCUT2D eigenvalue weighted by Crippen LogP contribution is -2.10. The molecule has 4 heteroatoms. The SMILES string of the molecule is CC(C)c1ccc(/C=C/C(=O)Nc2cccc(NC(=O)/C=C/c3ccc(C(C)C)cc3)c2)cc1. The molecule has 3 rings (SSSR count). The lowest BCUT2D eigenvalue weighted by Gasteiger charge is -2.07. The molecule has 0 aliphatic heterocycles. The minimum atomic E-state index is -0.235. The monoisotopic (exact) mass is 452 g/mol. The molecule has 0 atom stereocenters. The molecule has 34 heavy (non-hydrogen) atoms. The molecule has 3 aromatic rings. The second kappa shape index (κ2) is 11.8. The summed E-state index contributed by atoms with van der Waals surface area (Å²) in [5.74, 6) is 0.476. The van der Waals surface area contributed by atoms with Crippen molar-refractivity contribution in [2.45, 2.75) is 39.5 Å². The van der Waals surface area contributed by atoms with Gasteiger partial charge in [0.25, 0.3) is 0 Å². The summed E-state index contributed by atoms with van der Waals surface area (Å²) in [6, 6.07) is 23.4. The Labute approximate surface area is 202 Å². The maximum Gasteiger partial charge on any atom is 0.248 e. The third-order valence-corrected chi connectivity index (χ3v) is 5.46. The Hall–Kier alpha value is -3.92. The number of hydrogen-bond donors (Lipinski definition) is 2. The van der Waals surface area contributed by atoms with Crippen molar-refractivity contribution in [2.75, 3.05) is 10.6 Å². The molecule has 3 aromatic carbocycles. The van der Waals surface area contributed by atoms with E-state index in [1.807, 2.05) is 24.3 Å². The standard InChI is InChI=1S/C30H32N2O2/c1-21(2)25-14-8-23(9-15-25)12-18-29(33)31-27-6-5-7-28(20-27)32-30(34)19-13-24-10-16-26(17-11-24)22(3)4/h5-22H,1-4H3,(H,31,33)(H,32,34)/b18-12+,19-13+. The summed E-state index contributed by atoms with van der Waals surface area (Å²) in [4.78, 5) is 24.6. The first-order valence-corrected chi connectivity index (χ1v) is 11.6. The van der Waals surface area contributed by atoms with Gasteiger partial charge in [-0.05, 0) is 64.4 Å². The lowest BCUT2D eigenvalue weighted by molar-refractivity contribution is -0.112. The summed E-state index contributed by atoms with van der Waals surface area (Å²) in [5, 5.41) is 5.67. The minimum absolute atomic E-state index is 0.235. The van der Waals surface area contributed by atoms with Gasteiger partial charge < -0.3 is 10.6 Å². The Morgan fingerprint density at radius 2 is 1.00 bits per heavy atom. The van der Waals surface area contributed by atoms with Gasteiger partial charge in [0.15, 0.2) is 0 Å². The van der Waals surface area contributed by atoms with Gasteiger partial charge in [0.1, 0.15) is 0 Å². The third kappa shape index (κ3) is 7.59. The van der Waals surface area contributed by atoms with Gasteiger partial charge >= 0.3 is 0 Å². The average Bonchev–Trinajstić information content (AvgIpc) is 2.82. The van der Waals surface area contributed by atoms with E-state index in [1.54, 1.807) is 36.4 Å². The highest BCUT2D eigenvalue weighted by molar-refractivity contribution is 6.04. The minimum Gasteiger partial charge on any atom is -0.322 e. The Kier molecular flexibility index (Phi) is 8.58. The number of hydrogen-bond acceptors (Lipinski definition) is 2. The maximum absolute atomic E-state index is 12.3. The summed E-state index contributed by atoms with van der Waals surface area (Å²) < 4.78 is 0. The molecule has 174 valence electrons. The van der Waals surface area contributed by atoms with E-state index in [0.717, 1.165) is 11.1 Å². The molecule has 0 fully saturated rings. The van der Waals surface area contributed by atoms with E-state index in [0.29, 0.717) is 23.2 Å². The largest absolute Gasteiger partial charge is 0.322 e. The van der Waals surface area contributed by atoms with Crippen molar-refractivity contribution in [3.05, 3.63) is 107 Å². The van der Waals surface area contributed by atoms with Crippen LogP contribution in [0.2, 0.25) is 0 Å². The fraction of sp³-hybridized carbons (Fsp3) is 0.200. The zero-order valence-electron chi connectivity index (χ0n) is 20.2. The molecule has 0 radical (unpaired) electrons. The molecular weight excluding hydrogens is 420 g/mol.